The normalized spacial score (nSPS) is 15.1. The third kappa shape index (κ3) is 3.86. The molecule has 7 nitrogen and oxygen atoms in total. The molecule has 28 heavy (non-hydrogen) atoms. The molecule has 1 aliphatic heterocycles. The SMILES string of the molecule is CC1(C)NC(=O)N(CC(=O)OCc2ccc(-c3ccccc3C#N)cc2)C1=O. The van der Waals surface area contributed by atoms with Crippen molar-refractivity contribution in [3.8, 4) is 17.2 Å². The number of hydrogen-bond donors (Lipinski definition) is 1. The molecule has 3 rings (SSSR count). The molecule has 0 aliphatic carbocycles. The highest BCUT2D eigenvalue weighted by molar-refractivity contribution is 6.08. The minimum absolute atomic E-state index is 0.0199. The number of nitrogens with one attached hydrogen (secondary N) is 1. The van der Waals surface area contributed by atoms with Crippen molar-refractivity contribution in [1.29, 1.82) is 5.26 Å². The van der Waals surface area contributed by atoms with Crippen LogP contribution in [0.5, 0.6) is 0 Å². The lowest BCUT2D eigenvalue weighted by atomic mass is 9.99. The fourth-order valence-corrected chi connectivity index (χ4v) is 2.91. The number of nitriles is 1. The van der Waals surface area contributed by atoms with E-state index in [1.165, 1.54) is 0 Å². The fourth-order valence-electron chi connectivity index (χ4n) is 2.91. The number of carbonyl (C=O) groups excluding carboxylic acids is 3. The van der Waals surface area contributed by atoms with Gasteiger partial charge in [0.1, 0.15) is 18.7 Å². The van der Waals surface area contributed by atoms with Crippen molar-refractivity contribution in [2.24, 2.45) is 0 Å². The van der Waals surface area contributed by atoms with E-state index in [-0.39, 0.29) is 6.61 Å². The van der Waals surface area contributed by atoms with E-state index in [1.54, 1.807) is 32.0 Å². The second kappa shape index (κ2) is 7.53. The molecule has 1 fully saturated rings. The average molecular weight is 377 g/mol. The van der Waals surface area contributed by atoms with Crippen molar-refractivity contribution in [3.05, 3.63) is 59.7 Å². The van der Waals surface area contributed by atoms with E-state index in [0.717, 1.165) is 21.6 Å². The summed E-state index contributed by atoms with van der Waals surface area (Å²) in [5.41, 5.74) is 2.03. The third-order valence-electron chi connectivity index (χ3n) is 4.44. The number of amides is 3. The third-order valence-corrected chi connectivity index (χ3v) is 4.44. The van der Waals surface area contributed by atoms with Gasteiger partial charge in [0, 0.05) is 0 Å². The molecule has 1 saturated heterocycles. The first kappa shape index (κ1) is 19.1. The lowest BCUT2D eigenvalue weighted by molar-refractivity contribution is -0.148. The van der Waals surface area contributed by atoms with Gasteiger partial charge < -0.3 is 10.1 Å². The molecular formula is C21H19N3O4. The predicted molar refractivity (Wildman–Crippen MR) is 101 cm³/mol. The second-order valence-corrected chi connectivity index (χ2v) is 6.96. The summed E-state index contributed by atoms with van der Waals surface area (Å²) in [4.78, 5) is 36.7. The van der Waals surface area contributed by atoms with Crippen LogP contribution < -0.4 is 5.32 Å². The van der Waals surface area contributed by atoms with Crippen LogP contribution in [0.4, 0.5) is 4.79 Å². The van der Waals surface area contributed by atoms with Crippen LogP contribution in [0.3, 0.4) is 0 Å². The highest BCUT2D eigenvalue weighted by atomic mass is 16.5. The van der Waals surface area contributed by atoms with Crippen LogP contribution in [0.1, 0.15) is 25.0 Å². The van der Waals surface area contributed by atoms with E-state index in [4.69, 9.17) is 4.74 Å². The Balaban J connectivity index is 1.60. The van der Waals surface area contributed by atoms with Crippen molar-refractivity contribution in [2.75, 3.05) is 6.54 Å². The summed E-state index contributed by atoms with van der Waals surface area (Å²) in [6.45, 7) is 2.74. The van der Waals surface area contributed by atoms with Gasteiger partial charge in [0.25, 0.3) is 5.91 Å². The highest BCUT2D eigenvalue weighted by Gasteiger charge is 2.45. The summed E-state index contributed by atoms with van der Waals surface area (Å²) < 4.78 is 5.18. The summed E-state index contributed by atoms with van der Waals surface area (Å²) in [5.74, 6) is -1.13. The van der Waals surface area contributed by atoms with Gasteiger partial charge in [-0.05, 0) is 36.6 Å². The molecule has 1 heterocycles. The standard InChI is InChI=1S/C21H19N3O4/c1-21(2)19(26)24(20(27)23-21)12-18(25)28-13-14-7-9-15(10-8-14)17-6-4-3-5-16(17)11-22/h3-10H,12-13H2,1-2H3,(H,23,27). The number of carbonyl (C=O) groups is 3. The zero-order valence-corrected chi connectivity index (χ0v) is 15.6. The van der Waals surface area contributed by atoms with Gasteiger partial charge in [-0.1, -0.05) is 42.5 Å². The van der Waals surface area contributed by atoms with Crippen molar-refractivity contribution in [2.45, 2.75) is 26.0 Å². The zero-order chi connectivity index (χ0) is 20.3. The molecule has 0 spiro atoms. The van der Waals surface area contributed by atoms with Crippen LogP contribution >= 0.6 is 0 Å². The predicted octanol–water partition coefficient (Wildman–Crippen LogP) is 2.60. The molecular weight excluding hydrogens is 358 g/mol. The lowest BCUT2D eigenvalue weighted by Crippen LogP contribution is -2.41. The smallest absolute Gasteiger partial charge is 0.326 e. The van der Waals surface area contributed by atoms with Gasteiger partial charge in [0.15, 0.2) is 0 Å². The molecule has 3 amide bonds. The number of ether oxygens (including phenoxy) is 1. The van der Waals surface area contributed by atoms with E-state index in [1.807, 2.05) is 30.3 Å². The van der Waals surface area contributed by atoms with Crippen LogP contribution in [0.15, 0.2) is 48.5 Å². The summed E-state index contributed by atoms with van der Waals surface area (Å²) in [6, 6.07) is 16.1. The number of urea groups is 1. The van der Waals surface area contributed by atoms with E-state index >= 15 is 0 Å². The van der Waals surface area contributed by atoms with Crippen LogP contribution in [0, 0.1) is 11.3 Å². The summed E-state index contributed by atoms with van der Waals surface area (Å²) in [6.07, 6.45) is 0. The summed E-state index contributed by atoms with van der Waals surface area (Å²) in [7, 11) is 0. The Bertz CT molecular complexity index is 974. The largest absolute Gasteiger partial charge is 0.459 e. The van der Waals surface area contributed by atoms with Gasteiger partial charge in [-0.25, -0.2) is 4.79 Å². The first-order valence-corrected chi connectivity index (χ1v) is 8.70. The number of nitrogens with zero attached hydrogens (tertiary/aromatic N) is 2. The van der Waals surface area contributed by atoms with Crippen LogP contribution in [0.25, 0.3) is 11.1 Å². The second-order valence-electron chi connectivity index (χ2n) is 6.96. The van der Waals surface area contributed by atoms with Crippen LogP contribution in [-0.4, -0.2) is 34.9 Å². The highest BCUT2D eigenvalue weighted by Crippen LogP contribution is 2.23. The molecule has 0 unspecified atom stereocenters. The van der Waals surface area contributed by atoms with E-state index in [9.17, 15) is 19.6 Å². The van der Waals surface area contributed by atoms with E-state index in [0.29, 0.717) is 5.56 Å². The van der Waals surface area contributed by atoms with Gasteiger partial charge in [0.05, 0.1) is 11.6 Å². The molecule has 2 aromatic rings. The van der Waals surface area contributed by atoms with E-state index < -0.39 is 30.0 Å². The zero-order valence-electron chi connectivity index (χ0n) is 15.6. The van der Waals surface area contributed by atoms with Crippen molar-refractivity contribution >= 4 is 17.9 Å². The number of imide groups is 1. The van der Waals surface area contributed by atoms with Gasteiger partial charge in [0.2, 0.25) is 0 Å². The Morgan fingerprint density at radius 2 is 1.82 bits per heavy atom. The quantitative estimate of drug-likeness (QED) is 0.638. The molecule has 1 N–H and O–H groups in total. The Hall–Kier alpha value is -3.66. The molecule has 0 aromatic heterocycles. The van der Waals surface area contributed by atoms with Gasteiger partial charge in [-0.3, -0.25) is 14.5 Å². The maximum atomic E-state index is 12.1. The van der Waals surface area contributed by atoms with Gasteiger partial charge in [-0.2, -0.15) is 5.26 Å². The molecule has 0 radical (unpaired) electrons. The molecule has 0 saturated carbocycles. The van der Waals surface area contributed by atoms with Crippen LogP contribution in [0.2, 0.25) is 0 Å². The maximum absolute atomic E-state index is 12.1. The Labute approximate surface area is 162 Å². The Morgan fingerprint density at radius 1 is 1.14 bits per heavy atom. The van der Waals surface area contributed by atoms with E-state index in [2.05, 4.69) is 11.4 Å². The molecule has 0 atom stereocenters. The molecule has 1 aliphatic rings. The molecule has 7 heteroatoms. The Morgan fingerprint density at radius 3 is 2.43 bits per heavy atom. The monoisotopic (exact) mass is 377 g/mol. The minimum Gasteiger partial charge on any atom is -0.459 e. The minimum atomic E-state index is -1.02. The van der Waals surface area contributed by atoms with Crippen molar-refractivity contribution in [3.63, 3.8) is 0 Å². The van der Waals surface area contributed by atoms with Gasteiger partial charge >= 0.3 is 12.0 Å². The number of benzene rings is 2. The molecule has 0 bridgehead atoms. The van der Waals surface area contributed by atoms with Crippen LogP contribution in [-0.2, 0) is 20.9 Å². The Kier molecular flexibility index (Phi) is 5.14. The first-order valence-electron chi connectivity index (χ1n) is 8.70. The van der Waals surface area contributed by atoms with Gasteiger partial charge in [-0.15, -0.1) is 0 Å². The lowest BCUT2D eigenvalue weighted by Gasteiger charge is -2.15. The summed E-state index contributed by atoms with van der Waals surface area (Å²) >= 11 is 0. The molecule has 142 valence electrons. The number of rotatable bonds is 5. The van der Waals surface area contributed by atoms with Crippen molar-refractivity contribution < 1.29 is 19.1 Å². The fraction of sp³-hybridized carbons (Fsp3) is 0.238. The number of hydrogen-bond acceptors (Lipinski definition) is 5. The topological polar surface area (TPSA) is 99.5 Å². The first-order chi connectivity index (χ1) is 13.3. The molecule has 2 aromatic carbocycles. The summed E-state index contributed by atoms with van der Waals surface area (Å²) in [5, 5.41) is 11.7. The average Bonchev–Trinajstić information content (AvgIpc) is 2.88. The maximum Gasteiger partial charge on any atom is 0.326 e. The number of esters is 1. The van der Waals surface area contributed by atoms with Crippen molar-refractivity contribution in [1.82, 2.24) is 10.2 Å².